The quantitative estimate of drug-likeness (QED) is 0.128. The largest absolute Gasteiger partial charge is 0.387 e. The van der Waals surface area contributed by atoms with Crippen molar-refractivity contribution in [2.24, 2.45) is 5.92 Å². The van der Waals surface area contributed by atoms with Gasteiger partial charge in [-0.05, 0) is 43.2 Å². The lowest BCUT2D eigenvalue weighted by atomic mass is 10.0. The molecule has 16 nitrogen and oxygen atoms in total. The molecular formula is C34H37F2N10O6PS. The number of anilines is 1. The number of hydrogen-bond acceptors (Lipinski definition) is 14. The summed E-state index contributed by atoms with van der Waals surface area (Å²) < 4.78 is 59.2. The van der Waals surface area contributed by atoms with E-state index in [4.69, 9.17) is 30.1 Å². The lowest BCUT2D eigenvalue weighted by Crippen LogP contribution is -2.32. The molecule has 20 heteroatoms. The van der Waals surface area contributed by atoms with E-state index in [9.17, 15) is 15.2 Å². The number of halogens is 2. The van der Waals surface area contributed by atoms with Crippen molar-refractivity contribution in [2.45, 2.75) is 76.0 Å². The number of aliphatic hydroxyl groups is 1. The van der Waals surface area contributed by atoms with Crippen LogP contribution in [0.3, 0.4) is 0 Å². The second-order valence-electron chi connectivity index (χ2n) is 13.0. The van der Waals surface area contributed by atoms with Gasteiger partial charge in [0, 0.05) is 12.6 Å². The highest BCUT2D eigenvalue weighted by atomic mass is 32.5. The van der Waals surface area contributed by atoms with Gasteiger partial charge in [-0.15, -0.1) is 0 Å². The molecule has 4 aromatic heterocycles. The number of alkyl halides is 2. The Kier molecular flexibility index (Phi) is 11.1. The molecule has 7 rings (SSSR count). The van der Waals surface area contributed by atoms with E-state index in [1.807, 2.05) is 19.1 Å². The van der Waals surface area contributed by atoms with Crippen molar-refractivity contribution < 1.29 is 37.0 Å². The minimum atomic E-state index is -3.83. The second-order valence-corrected chi connectivity index (χ2v) is 16.0. The monoisotopic (exact) mass is 782 g/mol. The molecule has 0 radical (unpaired) electrons. The number of hydrogen-bond donors (Lipinski definition) is 1. The van der Waals surface area contributed by atoms with Gasteiger partial charge in [0.1, 0.15) is 42.7 Å². The normalized spacial score (nSPS) is 26.6. The van der Waals surface area contributed by atoms with Crippen molar-refractivity contribution in [3.05, 3.63) is 66.9 Å². The number of aliphatic hydroxyl groups excluding tert-OH is 1. The number of amides is 1. The summed E-state index contributed by atoms with van der Waals surface area (Å²) in [7, 11) is 1.58. The van der Waals surface area contributed by atoms with Crippen molar-refractivity contribution in [3.63, 3.8) is 0 Å². The Morgan fingerprint density at radius 1 is 1.06 bits per heavy atom. The number of rotatable bonds is 13. The molecule has 1 N–H and O–H groups in total. The van der Waals surface area contributed by atoms with Crippen LogP contribution in [0, 0.1) is 24.2 Å². The Hall–Kier alpha value is -4.41. The maximum absolute atomic E-state index is 16.7. The first-order valence-electron chi connectivity index (χ1n) is 17.3. The highest BCUT2D eigenvalue weighted by Crippen LogP contribution is 2.56. The number of ether oxygens (including phenoxy) is 1. The zero-order chi connectivity index (χ0) is 38.1. The van der Waals surface area contributed by atoms with Gasteiger partial charge in [-0.3, -0.25) is 14.3 Å². The third-order valence-electron chi connectivity index (χ3n) is 9.78. The molecule has 1 aliphatic carbocycles. The summed E-state index contributed by atoms with van der Waals surface area (Å²) in [4.78, 5) is 40.3. The number of aryl methyl sites for hydroxylation is 1. The zero-order valence-electron chi connectivity index (χ0n) is 29.4. The van der Waals surface area contributed by atoms with Gasteiger partial charge in [0.05, 0.1) is 50.1 Å². The third-order valence-corrected chi connectivity index (χ3v) is 12.1. The van der Waals surface area contributed by atoms with Crippen molar-refractivity contribution in [3.8, 4) is 6.07 Å². The Labute approximate surface area is 313 Å². The van der Waals surface area contributed by atoms with Crippen LogP contribution in [0.5, 0.6) is 0 Å². The number of carbonyl (C=O) groups is 1. The molecule has 1 unspecified atom stereocenters. The van der Waals surface area contributed by atoms with Gasteiger partial charge in [0.25, 0.3) is 5.91 Å². The van der Waals surface area contributed by atoms with Gasteiger partial charge in [-0.2, -0.15) is 5.26 Å². The Bertz CT molecular complexity index is 2230. The van der Waals surface area contributed by atoms with Crippen molar-refractivity contribution in [1.82, 2.24) is 39.0 Å². The molecule has 9 atom stereocenters. The number of nitrogens with zero attached hydrogens (tertiary/aromatic N) is 10. The first kappa shape index (κ1) is 37.9. The van der Waals surface area contributed by atoms with Crippen molar-refractivity contribution in [1.29, 1.82) is 5.26 Å². The summed E-state index contributed by atoms with van der Waals surface area (Å²) in [6, 6.07) is 9.89. The number of benzene rings is 1. The van der Waals surface area contributed by atoms with Crippen molar-refractivity contribution in [2.75, 3.05) is 25.2 Å². The Morgan fingerprint density at radius 3 is 2.50 bits per heavy atom. The SMILES string of the molecule is CC[C@H]1C[C@@H](n2cnc3c(N(C)C(=O)c4ccccc4)ncnc32)[C@H](F)[C@@H]1OP(=S)(OCCC#N)OC[C@H]1O[C@@H](n2cnc3c(C)ncnc32)[C@H](F)[C@@H]1O. The summed E-state index contributed by atoms with van der Waals surface area (Å²) in [6.07, 6.45) is -2.55. The number of aromatic nitrogens is 8. The maximum atomic E-state index is 16.7. The van der Waals surface area contributed by atoms with Gasteiger partial charge >= 0.3 is 6.72 Å². The predicted molar refractivity (Wildman–Crippen MR) is 193 cm³/mol. The minimum Gasteiger partial charge on any atom is -0.387 e. The molecule has 0 spiro atoms. The van der Waals surface area contributed by atoms with Crippen LogP contribution in [-0.2, 0) is 30.1 Å². The lowest BCUT2D eigenvalue weighted by Gasteiger charge is -2.29. The van der Waals surface area contributed by atoms with E-state index >= 15 is 8.78 Å². The van der Waals surface area contributed by atoms with Crippen molar-refractivity contribution >= 4 is 52.6 Å². The highest BCUT2D eigenvalue weighted by Gasteiger charge is 2.50. The van der Waals surface area contributed by atoms with E-state index < -0.39 is 56.3 Å². The van der Waals surface area contributed by atoms with Crippen LogP contribution in [0.15, 0.2) is 55.6 Å². The van der Waals surface area contributed by atoms with Gasteiger partial charge in [0.15, 0.2) is 35.0 Å². The second kappa shape index (κ2) is 15.7. The first-order chi connectivity index (χ1) is 26.0. The predicted octanol–water partition coefficient (Wildman–Crippen LogP) is 4.71. The van der Waals surface area contributed by atoms with Crippen LogP contribution in [0.4, 0.5) is 14.6 Å². The fourth-order valence-corrected chi connectivity index (χ4v) is 9.03. The van der Waals surface area contributed by atoms with Crippen LogP contribution in [0.2, 0.25) is 0 Å². The summed E-state index contributed by atoms with van der Waals surface area (Å²) in [5.41, 5.74) is 2.48. The summed E-state index contributed by atoms with van der Waals surface area (Å²) in [5.74, 6) is -0.400. The van der Waals surface area contributed by atoms with Crippen LogP contribution in [0.25, 0.3) is 22.3 Å². The third kappa shape index (κ3) is 7.10. The molecule has 284 valence electrons. The molecule has 1 saturated carbocycles. The van der Waals surface area contributed by atoms with E-state index in [0.29, 0.717) is 46.4 Å². The summed E-state index contributed by atoms with van der Waals surface area (Å²) >= 11 is 5.75. The van der Waals surface area contributed by atoms with E-state index in [0.717, 1.165) is 0 Å². The lowest BCUT2D eigenvalue weighted by molar-refractivity contribution is -0.0479. The first-order valence-corrected chi connectivity index (χ1v) is 19.8. The van der Waals surface area contributed by atoms with Crippen LogP contribution < -0.4 is 4.90 Å². The average molecular weight is 783 g/mol. The number of nitriles is 1. The molecule has 0 bridgehead atoms. The Balaban J connectivity index is 1.09. The smallest absolute Gasteiger partial charge is 0.327 e. The number of imidazole rings is 2. The van der Waals surface area contributed by atoms with E-state index in [2.05, 4.69) is 29.9 Å². The number of fused-ring (bicyclic) bond motifs is 2. The molecule has 5 heterocycles. The fraction of sp³-hybridized carbons (Fsp3) is 0.471. The van der Waals surface area contributed by atoms with Crippen LogP contribution in [-0.4, -0.2) is 101 Å². The molecule has 2 aliphatic rings. The van der Waals surface area contributed by atoms with Crippen LogP contribution >= 0.6 is 6.72 Å². The maximum Gasteiger partial charge on any atom is 0.327 e. The van der Waals surface area contributed by atoms with Gasteiger partial charge in [-0.1, -0.05) is 31.5 Å². The molecule has 2 fully saturated rings. The molecule has 1 amide bonds. The van der Waals surface area contributed by atoms with E-state index in [-0.39, 0.29) is 30.7 Å². The minimum absolute atomic E-state index is 0.0505. The standard InChI is InChI=1S/C34H37F2N10O6PS/c1-4-20-13-22(45-17-43-27-30(39-16-41-32(27)45)44(3)33(48)21-9-6-5-7-10-21)24(35)29(20)52-53(54,49-12-8-11-37)50-14-23-28(47)25(36)34(51-23)46-18-42-26-19(2)38-15-40-31(26)46/h5-7,9-10,15-18,20,22-25,28-29,34,47H,4,8,12-14H2,1-3H3/t20-,22+,23+,24-,25+,28+,29+,34+,53?/m0/s1. The Morgan fingerprint density at radius 2 is 1.76 bits per heavy atom. The van der Waals surface area contributed by atoms with E-state index in [1.54, 1.807) is 42.8 Å². The van der Waals surface area contributed by atoms with Crippen LogP contribution in [0.1, 0.15) is 54.5 Å². The molecule has 5 aromatic rings. The summed E-state index contributed by atoms with van der Waals surface area (Å²) in [5, 5.41) is 20.0. The van der Waals surface area contributed by atoms with Gasteiger partial charge in [0.2, 0.25) is 0 Å². The molecule has 1 saturated heterocycles. The highest BCUT2D eigenvalue weighted by molar-refractivity contribution is 8.07. The zero-order valence-corrected chi connectivity index (χ0v) is 31.1. The van der Waals surface area contributed by atoms with Gasteiger partial charge in [-0.25, -0.2) is 38.7 Å². The molecule has 1 aromatic carbocycles. The topological polar surface area (TPSA) is 188 Å². The molecule has 54 heavy (non-hydrogen) atoms. The molecule has 1 aliphatic heterocycles. The van der Waals surface area contributed by atoms with E-state index in [1.165, 1.54) is 34.8 Å². The number of carbonyl (C=O) groups excluding carboxylic acids is 1. The average Bonchev–Trinajstić information content (AvgIpc) is 3.95. The fourth-order valence-electron chi connectivity index (χ4n) is 6.90. The van der Waals surface area contributed by atoms with Gasteiger partial charge < -0.3 is 28.0 Å². The molecular weight excluding hydrogens is 745 g/mol. The summed E-state index contributed by atoms with van der Waals surface area (Å²) in [6.45, 7) is -0.812.